The van der Waals surface area contributed by atoms with Crippen LogP contribution in [0.1, 0.15) is 32.3 Å². The molecular weight excluding hydrogens is 218 g/mol. The van der Waals surface area contributed by atoms with Crippen molar-refractivity contribution in [2.45, 2.75) is 33.1 Å². The lowest BCUT2D eigenvalue weighted by atomic mass is 10.1. The summed E-state index contributed by atoms with van der Waals surface area (Å²) in [6.07, 6.45) is 3.34. The molecule has 0 bridgehead atoms. The highest BCUT2D eigenvalue weighted by Crippen LogP contribution is 2.13. The summed E-state index contributed by atoms with van der Waals surface area (Å²) in [6.45, 7) is 5.55. The van der Waals surface area contributed by atoms with Crippen molar-refractivity contribution in [1.82, 2.24) is 0 Å². The zero-order chi connectivity index (χ0) is 11.8. The Labute approximate surface area is 104 Å². The van der Waals surface area contributed by atoms with Crippen LogP contribution in [0, 0.1) is 5.92 Å². The first-order valence-electron chi connectivity index (χ1n) is 6.11. The molecule has 0 saturated carbocycles. The summed E-state index contributed by atoms with van der Waals surface area (Å²) in [6, 6.07) is 8.64. The molecule has 0 atom stereocenters. The van der Waals surface area contributed by atoms with Gasteiger partial charge in [0.15, 0.2) is 0 Å². The molecule has 0 aliphatic heterocycles. The van der Waals surface area contributed by atoms with Crippen molar-refractivity contribution in [3.63, 3.8) is 0 Å². The molecule has 0 fully saturated rings. The fourth-order valence-electron chi connectivity index (χ4n) is 1.61. The lowest BCUT2D eigenvalue weighted by molar-refractivity contribution is 0.607. The van der Waals surface area contributed by atoms with E-state index in [0.717, 1.165) is 31.2 Å². The maximum Gasteiger partial charge on any atom is 0.0342 e. The summed E-state index contributed by atoms with van der Waals surface area (Å²) in [5.41, 5.74) is 2.60. The van der Waals surface area contributed by atoms with Gasteiger partial charge >= 0.3 is 0 Å². The van der Waals surface area contributed by atoms with E-state index in [9.17, 15) is 0 Å². The maximum atomic E-state index is 5.69. The highest BCUT2D eigenvalue weighted by atomic mass is 35.5. The van der Waals surface area contributed by atoms with Crippen molar-refractivity contribution < 1.29 is 0 Å². The summed E-state index contributed by atoms with van der Waals surface area (Å²) in [7, 11) is 0. The Kier molecular flexibility index (Phi) is 6.32. The smallest absolute Gasteiger partial charge is 0.0342 e. The largest absolute Gasteiger partial charge is 0.385 e. The third kappa shape index (κ3) is 5.41. The summed E-state index contributed by atoms with van der Waals surface area (Å²) >= 11 is 5.69. The molecule has 0 aliphatic carbocycles. The Morgan fingerprint density at radius 2 is 2.12 bits per heavy atom. The molecular formula is C14H22ClN. The first kappa shape index (κ1) is 13.4. The number of hydrogen-bond donors (Lipinski definition) is 1. The van der Waals surface area contributed by atoms with Crippen LogP contribution in [0.5, 0.6) is 0 Å². The topological polar surface area (TPSA) is 12.0 Å². The molecule has 90 valence electrons. The predicted octanol–water partition coefficient (Wildman–Crippen LogP) is 4.32. The third-order valence-electron chi connectivity index (χ3n) is 2.58. The highest BCUT2D eigenvalue weighted by molar-refractivity contribution is 6.17. The van der Waals surface area contributed by atoms with E-state index in [4.69, 9.17) is 11.6 Å². The Morgan fingerprint density at radius 1 is 1.31 bits per heavy atom. The molecule has 0 radical (unpaired) electrons. The van der Waals surface area contributed by atoms with Crippen molar-refractivity contribution >= 4 is 17.3 Å². The van der Waals surface area contributed by atoms with Crippen molar-refractivity contribution in [2.75, 3.05) is 17.7 Å². The molecule has 16 heavy (non-hydrogen) atoms. The molecule has 0 unspecified atom stereocenters. The van der Waals surface area contributed by atoms with Gasteiger partial charge in [0, 0.05) is 18.1 Å². The van der Waals surface area contributed by atoms with Crippen LogP contribution in [0.15, 0.2) is 24.3 Å². The second-order valence-corrected chi connectivity index (χ2v) is 4.98. The van der Waals surface area contributed by atoms with Crippen LogP contribution in [0.3, 0.4) is 0 Å². The van der Waals surface area contributed by atoms with Crippen molar-refractivity contribution in [2.24, 2.45) is 5.92 Å². The number of aryl methyl sites for hydroxylation is 1. The van der Waals surface area contributed by atoms with Crippen LogP contribution in [0.25, 0.3) is 0 Å². The number of anilines is 1. The molecule has 1 nitrogen and oxygen atoms in total. The van der Waals surface area contributed by atoms with Crippen LogP contribution in [-0.4, -0.2) is 12.4 Å². The maximum absolute atomic E-state index is 5.69. The lowest BCUT2D eigenvalue weighted by Crippen LogP contribution is -2.04. The minimum atomic E-state index is 0.741. The zero-order valence-electron chi connectivity index (χ0n) is 10.3. The van der Waals surface area contributed by atoms with Gasteiger partial charge in [0.05, 0.1) is 0 Å². The van der Waals surface area contributed by atoms with E-state index in [1.165, 1.54) is 17.7 Å². The molecule has 1 aromatic rings. The Bertz CT molecular complexity index is 297. The van der Waals surface area contributed by atoms with Gasteiger partial charge < -0.3 is 5.32 Å². The summed E-state index contributed by atoms with van der Waals surface area (Å²) in [5, 5.41) is 3.46. The second-order valence-electron chi connectivity index (χ2n) is 4.60. The fraction of sp³-hybridized carbons (Fsp3) is 0.571. The first-order chi connectivity index (χ1) is 7.72. The second kappa shape index (κ2) is 7.56. The summed E-state index contributed by atoms with van der Waals surface area (Å²) < 4.78 is 0. The average Bonchev–Trinajstić information content (AvgIpc) is 2.26. The fourth-order valence-corrected chi connectivity index (χ4v) is 1.75. The van der Waals surface area contributed by atoms with Gasteiger partial charge in [-0.1, -0.05) is 26.0 Å². The van der Waals surface area contributed by atoms with Gasteiger partial charge in [-0.05, 0) is 42.9 Å². The van der Waals surface area contributed by atoms with Crippen LogP contribution in [-0.2, 0) is 6.42 Å². The van der Waals surface area contributed by atoms with E-state index in [2.05, 4.69) is 43.4 Å². The number of nitrogens with one attached hydrogen (secondary N) is 1. The van der Waals surface area contributed by atoms with E-state index in [1.54, 1.807) is 0 Å². The number of rotatable bonds is 7. The lowest BCUT2D eigenvalue weighted by Gasteiger charge is -2.09. The van der Waals surface area contributed by atoms with E-state index in [1.807, 2.05) is 0 Å². The standard InChI is InChI=1S/C14H22ClN/c1-12(2)8-10-16-14-7-3-5-13(11-14)6-4-9-15/h3,5,7,11-12,16H,4,6,8-10H2,1-2H3. The van der Waals surface area contributed by atoms with Gasteiger partial charge in [0.25, 0.3) is 0 Å². The van der Waals surface area contributed by atoms with E-state index < -0.39 is 0 Å². The van der Waals surface area contributed by atoms with Crippen LogP contribution in [0.4, 0.5) is 5.69 Å². The Balaban J connectivity index is 2.40. The van der Waals surface area contributed by atoms with E-state index >= 15 is 0 Å². The normalized spacial score (nSPS) is 10.8. The number of halogens is 1. The van der Waals surface area contributed by atoms with E-state index in [-0.39, 0.29) is 0 Å². The Morgan fingerprint density at radius 3 is 2.81 bits per heavy atom. The minimum Gasteiger partial charge on any atom is -0.385 e. The highest BCUT2D eigenvalue weighted by Gasteiger charge is 1.97. The van der Waals surface area contributed by atoms with Crippen LogP contribution < -0.4 is 5.32 Å². The van der Waals surface area contributed by atoms with Gasteiger partial charge in [-0.15, -0.1) is 11.6 Å². The monoisotopic (exact) mass is 239 g/mol. The van der Waals surface area contributed by atoms with Gasteiger partial charge in [0.2, 0.25) is 0 Å². The molecule has 1 rings (SSSR count). The number of hydrogen-bond acceptors (Lipinski definition) is 1. The molecule has 2 heteroatoms. The predicted molar refractivity (Wildman–Crippen MR) is 73.4 cm³/mol. The van der Waals surface area contributed by atoms with Crippen molar-refractivity contribution in [3.05, 3.63) is 29.8 Å². The van der Waals surface area contributed by atoms with Gasteiger partial charge in [-0.3, -0.25) is 0 Å². The van der Waals surface area contributed by atoms with E-state index in [0.29, 0.717) is 0 Å². The first-order valence-corrected chi connectivity index (χ1v) is 6.64. The molecule has 0 aromatic heterocycles. The SMILES string of the molecule is CC(C)CCNc1cccc(CCCCl)c1. The third-order valence-corrected chi connectivity index (χ3v) is 2.84. The molecule has 0 saturated heterocycles. The molecule has 0 heterocycles. The average molecular weight is 240 g/mol. The van der Waals surface area contributed by atoms with Crippen LogP contribution in [0.2, 0.25) is 0 Å². The zero-order valence-corrected chi connectivity index (χ0v) is 11.1. The van der Waals surface area contributed by atoms with Crippen molar-refractivity contribution in [1.29, 1.82) is 0 Å². The number of benzene rings is 1. The minimum absolute atomic E-state index is 0.741. The van der Waals surface area contributed by atoms with Crippen molar-refractivity contribution in [3.8, 4) is 0 Å². The Hall–Kier alpha value is -0.690. The quantitative estimate of drug-likeness (QED) is 0.699. The van der Waals surface area contributed by atoms with Gasteiger partial charge in [-0.25, -0.2) is 0 Å². The van der Waals surface area contributed by atoms with Gasteiger partial charge in [-0.2, -0.15) is 0 Å². The molecule has 1 aromatic carbocycles. The van der Waals surface area contributed by atoms with Gasteiger partial charge in [0.1, 0.15) is 0 Å². The number of alkyl halides is 1. The molecule has 0 spiro atoms. The molecule has 1 N–H and O–H groups in total. The summed E-state index contributed by atoms with van der Waals surface area (Å²) in [4.78, 5) is 0. The molecule has 0 aliphatic rings. The summed E-state index contributed by atoms with van der Waals surface area (Å²) in [5.74, 6) is 1.50. The van der Waals surface area contributed by atoms with Crippen LogP contribution >= 0.6 is 11.6 Å². The molecule has 0 amide bonds.